The van der Waals surface area contributed by atoms with Crippen molar-refractivity contribution in [1.82, 2.24) is 0 Å². The van der Waals surface area contributed by atoms with E-state index in [0.29, 0.717) is 6.42 Å². The van der Waals surface area contributed by atoms with Crippen molar-refractivity contribution >= 4 is 19.8 Å². The Morgan fingerprint density at radius 3 is 1.41 bits per heavy atom. The molecule has 0 aliphatic rings. The predicted molar refractivity (Wildman–Crippen MR) is 202 cm³/mol. The molecule has 8 nitrogen and oxygen atoms in total. The summed E-state index contributed by atoms with van der Waals surface area (Å²) in [6.45, 7) is 3.64. The van der Waals surface area contributed by atoms with Gasteiger partial charge in [-0.3, -0.25) is 14.1 Å². The zero-order valence-electron chi connectivity index (χ0n) is 31.3. The van der Waals surface area contributed by atoms with Crippen LogP contribution in [-0.4, -0.2) is 41.0 Å². The monoisotopic (exact) mass is 713 g/mol. The van der Waals surface area contributed by atoms with E-state index in [1.807, 2.05) is 0 Å². The van der Waals surface area contributed by atoms with Gasteiger partial charge in [0.2, 0.25) is 0 Å². The van der Waals surface area contributed by atoms with Crippen LogP contribution in [-0.2, 0) is 28.2 Å². The first-order valence-electron chi connectivity index (χ1n) is 19.8. The van der Waals surface area contributed by atoms with E-state index in [4.69, 9.17) is 19.3 Å². The molecule has 0 rings (SSSR count). The standard InChI is InChI=1S/C40H73O8P/c1-3-5-7-9-11-13-15-17-18-19-20-21-22-23-25-27-29-31-33-35-40(42)48-38(37-47-49(43,44)45)36-46-39(41)34-32-30-28-26-24-16-14-12-10-8-6-4-2/h11,13,17-18,20-21,38H,3-10,12,14-16,19,22-37H2,1-2H3,(H2,43,44,45)/b13-11-,18-17-,21-20-. The molecule has 0 aliphatic carbocycles. The van der Waals surface area contributed by atoms with E-state index in [9.17, 15) is 14.2 Å². The van der Waals surface area contributed by atoms with Crippen molar-refractivity contribution in [3.05, 3.63) is 36.5 Å². The number of carbonyl (C=O) groups excluding carboxylic acids is 2. The van der Waals surface area contributed by atoms with Crippen molar-refractivity contribution in [3.8, 4) is 0 Å². The van der Waals surface area contributed by atoms with Crippen LogP contribution in [0, 0.1) is 0 Å². The minimum Gasteiger partial charge on any atom is -0.462 e. The summed E-state index contributed by atoms with van der Waals surface area (Å²) in [7, 11) is -4.75. The van der Waals surface area contributed by atoms with Gasteiger partial charge in [-0.05, 0) is 51.4 Å². The molecule has 0 fully saturated rings. The van der Waals surface area contributed by atoms with Gasteiger partial charge in [0.15, 0.2) is 6.10 Å². The van der Waals surface area contributed by atoms with Crippen LogP contribution < -0.4 is 0 Å². The van der Waals surface area contributed by atoms with Crippen LogP contribution in [0.3, 0.4) is 0 Å². The van der Waals surface area contributed by atoms with Gasteiger partial charge in [0.1, 0.15) is 6.61 Å². The van der Waals surface area contributed by atoms with E-state index in [2.05, 4.69) is 54.8 Å². The van der Waals surface area contributed by atoms with Gasteiger partial charge in [-0.1, -0.05) is 159 Å². The second-order valence-electron chi connectivity index (χ2n) is 13.3. The van der Waals surface area contributed by atoms with E-state index in [0.717, 1.165) is 70.6 Å². The summed E-state index contributed by atoms with van der Waals surface area (Å²) < 4.78 is 26.3. The number of phosphoric acid groups is 1. The number of esters is 2. The molecule has 1 unspecified atom stereocenters. The third-order valence-corrected chi connectivity index (χ3v) is 8.90. The molecule has 286 valence electrons. The predicted octanol–water partition coefficient (Wildman–Crippen LogP) is 11.8. The lowest BCUT2D eigenvalue weighted by molar-refractivity contribution is -0.161. The molecule has 9 heteroatoms. The number of rotatable bonds is 36. The summed E-state index contributed by atoms with van der Waals surface area (Å²) in [6.07, 6.45) is 41.4. The van der Waals surface area contributed by atoms with Gasteiger partial charge in [-0.15, -0.1) is 0 Å². The maximum atomic E-state index is 12.4. The van der Waals surface area contributed by atoms with Crippen molar-refractivity contribution in [2.75, 3.05) is 13.2 Å². The fraction of sp³-hybridized carbons (Fsp3) is 0.800. The molecule has 0 amide bonds. The molecule has 0 saturated heterocycles. The Balaban J connectivity index is 3.96. The highest BCUT2D eigenvalue weighted by molar-refractivity contribution is 7.46. The zero-order chi connectivity index (χ0) is 36.1. The molecule has 0 radical (unpaired) electrons. The number of hydrogen-bond donors (Lipinski definition) is 2. The lowest BCUT2D eigenvalue weighted by Crippen LogP contribution is -2.29. The highest BCUT2D eigenvalue weighted by atomic mass is 31.2. The third-order valence-electron chi connectivity index (χ3n) is 8.41. The smallest absolute Gasteiger partial charge is 0.462 e. The van der Waals surface area contributed by atoms with Crippen molar-refractivity contribution in [3.63, 3.8) is 0 Å². The summed E-state index contributed by atoms with van der Waals surface area (Å²) in [5.41, 5.74) is 0. The molecule has 49 heavy (non-hydrogen) atoms. The second kappa shape index (κ2) is 36.1. The van der Waals surface area contributed by atoms with E-state index in [-0.39, 0.29) is 19.4 Å². The van der Waals surface area contributed by atoms with Crippen LogP contribution in [0.25, 0.3) is 0 Å². The van der Waals surface area contributed by atoms with E-state index < -0.39 is 32.5 Å². The lowest BCUT2D eigenvalue weighted by Gasteiger charge is -2.18. The van der Waals surface area contributed by atoms with Crippen LogP contribution >= 0.6 is 7.82 Å². The SMILES string of the molecule is CCCCC/C=C\C/C=C\C/C=C\CCCCCCCCC(=O)OC(COC(=O)CCCCCCCCCCCCCC)COP(=O)(O)O. The summed E-state index contributed by atoms with van der Waals surface area (Å²) in [6, 6.07) is 0. The van der Waals surface area contributed by atoms with Crippen LogP contribution in [0.4, 0.5) is 0 Å². The van der Waals surface area contributed by atoms with Crippen LogP contribution in [0.15, 0.2) is 36.5 Å². The molecule has 0 aromatic rings. The van der Waals surface area contributed by atoms with Crippen LogP contribution in [0.2, 0.25) is 0 Å². The Hall–Kier alpha value is -1.73. The van der Waals surface area contributed by atoms with Gasteiger partial charge in [0, 0.05) is 12.8 Å². The fourth-order valence-corrected chi connectivity index (χ4v) is 5.80. The molecular weight excluding hydrogens is 639 g/mol. The number of allylic oxidation sites excluding steroid dienone is 6. The van der Waals surface area contributed by atoms with E-state index in [1.54, 1.807) is 0 Å². The minimum atomic E-state index is -4.75. The summed E-state index contributed by atoms with van der Waals surface area (Å²) in [5.74, 6) is -0.897. The Morgan fingerprint density at radius 1 is 0.531 bits per heavy atom. The summed E-state index contributed by atoms with van der Waals surface area (Å²) >= 11 is 0. The maximum Gasteiger partial charge on any atom is 0.469 e. The first-order valence-corrected chi connectivity index (χ1v) is 21.3. The second-order valence-corrected chi connectivity index (χ2v) is 14.5. The van der Waals surface area contributed by atoms with E-state index in [1.165, 1.54) is 83.5 Å². The molecule has 0 aromatic carbocycles. The average molecular weight is 713 g/mol. The molecule has 2 N–H and O–H groups in total. The Labute approximate surface area is 300 Å². The molecule has 0 aromatic heterocycles. The number of hydrogen-bond acceptors (Lipinski definition) is 6. The maximum absolute atomic E-state index is 12.4. The topological polar surface area (TPSA) is 119 Å². The Bertz CT molecular complexity index is 895. The summed E-state index contributed by atoms with van der Waals surface area (Å²) in [4.78, 5) is 42.7. The Kier molecular flexibility index (Phi) is 34.8. The molecule has 0 aliphatic heterocycles. The van der Waals surface area contributed by atoms with Crippen LogP contribution in [0.5, 0.6) is 0 Å². The average Bonchev–Trinajstić information content (AvgIpc) is 3.07. The van der Waals surface area contributed by atoms with Crippen LogP contribution in [0.1, 0.15) is 187 Å². The quantitative estimate of drug-likeness (QED) is 0.0285. The van der Waals surface area contributed by atoms with Gasteiger partial charge in [0.25, 0.3) is 0 Å². The van der Waals surface area contributed by atoms with Crippen molar-refractivity contribution in [1.29, 1.82) is 0 Å². The number of unbranched alkanes of at least 4 members (excludes halogenated alkanes) is 20. The molecule has 0 saturated carbocycles. The van der Waals surface area contributed by atoms with Crippen molar-refractivity contribution in [2.24, 2.45) is 0 Å². The summed E-state index contributed by atoms with van der Waals surface area (Å²) in [5, 5.41) is 0. The van der Waals surface area contributed by atoms with Gasteiger partial charge in [-0.25, -0.2) is 4.57 Å². The molecule has 0 heterocycles. The first kappa shape index (κ1) is 47.3. The zero-order valence-corrected chi connectivity index (χ0v) is 32.2. The van der Waals surface area contributed by atoms with Gasteiger partial charge in [0.05, 0.1) is 6.61 Å². The van der Waals surface area contributed by atoms with Gasteiger partial charge < -0.3 is 19.3 Å². The Morgan fingerprint density at radius 2 is 0.918 bits per heavy atom. The number of carbonyl (C=O) groups is 2. The number of phosphoric ester groups is 1. The molecule has 0 bridgehead atoms. The number of ether oxygens (including phenoxy) is 2. The normalized spacial score (nSPS) is 12.8. The first-order chi connectivity index (χ1) is 23.8. The molecule has 0 spiro atoms. The minimum absolute atomic E-state index is 0.199. The lowest BCUT2D eigenvalue weighted by atomic mass is 10.0. The fourth-order valence-electron chi connectivity index (χ4n) is 5.44. The molecule has 1 atom stereocenters. The molecular formula is C40H73O8P. The van der Waals surface area contributed by atoms with E-state index >= 15 is 0 Å². The van der Waals surface area contributed by atoms with Crippen molar-refractivity contribution in [2.45, 2.75) is 193 Å². The van der Waals surface area contributed by atoms with Crippen molar-refractivity contribution < 1.29 is 37.9 Å². The largest absolute Gasteiger partial charge is 0.469 e. The van der Waals surface area contributed by atoms with Gasteiger partial charge in [-0.2, -0.15) is 0 Å². The van der Waals surface area contributed by atoms with Gasteiger partial charge >= 0.3 is 19.8 Å². The highest BCUT2D eigenvalue weighted by Gasteiger charge is 2.22. The highest BCUT2D eigenvalue weighted by Crippen LogP contribution is 2.36. The third kappa shape index (κ3) is 38.9.